The van der Waals surface area contributed by atoms with Gasteiger partial charge in [-0.2, -0.15) is 8.42 Å². The zero-order chi connectivity index (χ0) is 11.2. The molecular weight excluding hydrogens is 210 g/mol. The maximum absolute atomic E-state index is 11.1. The van der Waals surface area contributed by atoms with Gasteiger partial charge in [0.25, 0.3) is 0 Å². The number of hydrogen-bond acceptors (Lipinski definition) is 4. The lowest BCUT2D eigenvalue weighted by Gasteiger charge is -2.08. The Morgan fingerprint density at radius 3 is 2.57 bits per heavy atom. The second kappa shape index (κ2) is 5.94. The fraction of sp³-hybridized carbons (Fsp3) is 0.857. The summed E-state index contributed by atoms with van der Waals surface area (Å²) >= 11 is 0. The van der Waals surface area contributed by atoms with Crippen LogP contribution in [-0.4, -0.2) is 32.0 Å². The number of hydrogen-bond donors (Lipinski definition) is 2. The average Bonchev–Trinajstić information content (AvgIpc) is 2.09. The molecule has 0 bridgehead atoms. The summed E-state index contributed by atoms with van der Waals surface area (Å²) in [5, 5.41) is 2.47. The number of carbonyl (C=O) groups is 1. The van der Waals surface area contributed by atoms with Crippen molar-refractivity contribution < 1.29 is 21.9 Å². The van der Waals surface area contributed by atoms with Gasteiger partial charge in [0.15, 0.2) is 0 Å². The van der Waals surface area contributed by atoms with E-state index in [0.29, 0.717) is 6.42 Å². The van der Waals surface area contributed by atoms with Gasteiger partial charge in [-0.3, -0.25) is 9.35 Å². The van der Waals surface area contributed by atoms with Crippen LogP contribution in [0.3, 0.4) is 0 Å². The number of carbonyl (C=O) groups excluding carboxylic acids is 1. The predicted octanol–water partition coefficient (Wildman–Crippen LogP) is -0.0319. The van der Waals surface area contributed by atoms with Gasteiger partial charge in [0.2, 0.25) is 5.91 Å². The van der Waals surface area contributed by atoms with Gasteiger partial charge in [0.05, 0.1) is 6.61 Å². The Labute approximate surface area is 83.6 Å². The topological polar surface area (TPSA) is 92.7 Å². The quantitative estimate of drug-likeness (QED) is 0.489. The molecule has 0 aromatic carbocycles. The molecule has 1 unspecified atom stereocenters. The standard InChI is InChI=1S/C7H15NO5S/c1-3-6(2)7(9)8-4-5-13-14(10,11)12/h6H,3-5H2,1-2H3,(H,8,9)(H,10,11,12). The number of amides is 1. The smallest absolute Gasteiger partial charge is 0.354 e. The van der Waals surface area contributed by atoms with Crippen LogP contribution < -0.4 is 5.32 Å². The largest absolute Gasteiger partial charge is 0.397 e. The van der Waals surface area contributed by atoms with Gasteiger partial charge in [-0.05, 0) is 6.42 Å². The Morgan fingerprint density at radius 2 is 2.14 bits per heavy atom. The monoisotopic (exact) mass is 225 g/mol. The molecule has 6 nitrogen and oxygen atoms in total. The SMILES string of the molecule is CCC(C)C(=O)NCCOS(=O)(=O)O. The first-order valence-corrected chi connectivity index (χ1v) is 5.63. The summed E-state index contributed by atoms with van der Waals surface area (Å²) in [6.07, 6.45) is 0.713. The van der Waals surface area contributed by atoms with Gasteiger partial charge in [0.1, 0.15) is 0 Å². The molecule has 1 atom stereocenters. The van der Waals surface area contributed by atoms with Crippen molar-refractivity contribution in [3.8, 4) is 0 Å². The third-order valence-corrected chi connectivity index (χ3v) is 2.16. The van der Waals surface area contributed by atoms with Crippen LogP contribution in [0.5, 0.6) is 0 Å². The lowest BCUT2D eigenvalue weighted by molar-refractivity contribution is -0.124. The van der Waals surface area contributed by atoms with Crippen molar-refractivity contribution in [3.05, 3.63) is 0 Å². The Kier molecular flexibility index (Phi) is 5.66. The summed E-state index contributed by atoms with van der Waals surface area (Å²) in [5.74, 6) is -0.271. The minimum absolute atomic E-state index is 0.0585. The molecule has 2 N–H and O–H groups in total. The summed E-state index contributed by atoms with van der Waals surface area (Å²) < 4.78 is 32.4. The molecule has 0 rings (SSSR count). The Balaban J connectivity index is 3.61. The minimum Gasteiger partial charge on any atom is -0.354 e. The van der Waals surface area contributed by atoms with Gasteiger partial charge in [0, 0.05) is 12.5 Å². The van der Waals surface area contributed by atoms with E-state index in [9.17, 15) is 13.2 Å². The normalized spacial score (nSPS) is 13.6. The fourth-order valence-electron chi connectivity index (χ4n) is 0.681. The van der Waals surface area contributed by atoms with Crippen LogP contribution in [-0.2, 0) is 19.4 Å². The highest BCUT2D eigenvalue weighted by Crippen LogP contribution is 1.98. The molecule has 0 saturated carbocycles. The lowest BCUT2D eigenvalue weighted by Crippen LogP contribution is -2.32. The maximum atomic E-state index is 11.1. The number of nitrogens with one attached hydrogen (secondary N) is 1. The van der Waals surface area contributed by atoms with Crippen LogP contribution in [0.25, 0.3) is 0 Å². The molecule has 0 radical (unpaired) electrons. The van der Waals surface area contributed by atoms with Gasteiger partial charge < -0.3 is 5.32 Å². The molecule has 0 aromatic rings. The van der Waals surface area contributed by atoms with E-state index in [-0.39, 0.29) is 25.0 Å². The van der Waals surface area contributed by atoms with E-state index in [1.165, 1.54) is 0 Å². The molecule has 84 valence electrons. The second-order valence-corrected chi connectivity index (χ2v) is 3.94. The summed E-state index contributed by atoms with van der Waals surface area (Å²) in [6, 6.07) is 0. The molecule has 0 aliphatic heterocycles. The van der Waals surface area contributed by atoms with E-state index in [2.05, 4.69) is 9.50 Å². The van der Waals surface area contributed by atoms with Crippen LogP contribution in [0.4, 0.5) is 0 Å². The first-order valence-electron chi connectivity index (χ1n) is 4.26. The maximum Gasteiger partial charge on any atom is 0.397 e. The third kappa shape index (κ3) is 6.81. The summed E-state index contributed by atoms with van der Waals surface area (Å²) in [4.78, 5) is 11.1. The molecule has 0 saturated heterocycles. The molecular formula is C7H15NO5S. The zero-order valence-corrected chi connectivity index (χ0v) is 9.00. The molecule has 14 heavy (non-hydrogen) atoms. The van der Waals surface area contributed by atoms with E-state index in [1.807, 2.05) is 6.92 Å². The van der Waals surface area contributed by atoms with Crippen LogP contribution in [0.1, 0.15) is 20.3 Å². The van der Waals surface area contributed by atoms with Crippen molar-refractivity contribution in [2.75, 3.05) is 13.2 Å². The van der Waals surface area contributed by atoms with Crippen molar-refractivity contribution in [1.29, 1.82) is 0 Å². The van der Waals surface area contributed by atoms with E-state index >= 15 is 0 Å². The lowest BCUT2D eigenvalue weighted by atomic mass is 10.1. The van der Waals surface area contributed by atoms with Crippen molar-refractivity contribution in [2.24, 2.45) is 5.92 Å². The average molecular weight is 225 g/mol. The second-order valence-electron chi connectivity index (χ2n) is 2.85. The first-order chi connectivity index (χ1) is 6.37. The highest BCUT2D eigenvalue weighted by molar-refractivity contribution is 7.80. The first kappa shape index (κ1) is 13.3. The fourth-order valence-corrected chi connectivity index (χ4v) is 0.975. The molecule has 0 fully saturated rings. The highest BCUT2D eigenvalue weighted by Gasteiger charge is 2.10. The summed E-state index contributed by atoms with van der Waals surface area (Å²) in [7, 11) is -4.40. The predicted molar refractivity (Wildman–Crippen MR) is 50.0 cm³/mol. The summed E-state index contributed by atoms with van der Waals surface area (Å²) in [5.41, 5.74) is 0. The highest BCUT2D eigenvalue weighted by atomic mass is 32.3. The van der Waals surface area contributed by atoms with Crippen LogP contribution in [0.15, 0.2) is 0 Å². The van der Waals surface area contributed by atoms with E-state index in [0.717, 1.165) is 0 Å². The molecule has 0 heterocycles. The van der Waals surface area contributed by atoms with Crippen molar-refractivity contribution in [2.45, 2.75) is 20.3 Å². The molecule has 1 amide bonds. The third-order valence-electron chi connectivity index (χ3n) is 1.69. The molecule has 0 spiro atoms. The minimum atomic E-state index is -4.40. The molecule has 7 heteroatoms. The number of rotatable bonds is 6. The van der Waals surface area contributed by atoms with Crippen LogP contribution in [0, 0.1) is 5.92 Å². The Morgan fingerprint density at radius 1 is 1.57 bits per heavy atom. The molecule has 0 aromatic heterocycles. The van der Waals surface area contributed by atoms with Crippen molar-refractivity contribution in [3.63, 3.8) is 0 Å². The van der Waals surface area contributed by atoms with Gasteiger partial charge in [-0.15, -0.1) is 0 Å². The van der Waals surface area contributed by atoms with Crippen molar-refractivity contribution >= 4 is 16.3 Å². The van der Waals surface area contributed by atoms with Gasteiger partial charge in [-0.1, -0.05) is 13.8 Å². The van der Waals surface area contributed by atoms with Crippen LogP contribution >= 0.6 is 0 Å². The molecule has 0 aliphatic carbocycles. The van der Waals surface area contributed by atoms with E-state index < -0.39 is 10.4 Å². The zero-order valence-electron chi connectivity index (χ0n) is 8.19. The van der Waals surface area contributed by atoms with Crippen LogP contribution in [0.2, 0.25) is 0 Å². The van der Waals surface area contributed by atoms with Gasteiger partial charge >= 0.3 is 10.4 Å². The summed E-state index contributed by atoms with van der Waals surface area (Å²) in [6.45, 7) is 3.43. The van der Waals surface area contributed by atoms with Crippen molar-refractivity contribution in [1.82, 2.24) is 5.32 Å². The van der Waals surface area contributed by atoms with E-state index in [1.54, 1.807) is 6.92 Å². The Bertz CT molecular complexity index is 274. The Hall–Kier alpha value is -0.660. The van der Waals surface area contributed by atoms with E-state index in [4.69, 9.17) is 4.55 Å². The molecule has 0 aliphatic rings. The van der Waals surface area contributed by atoms with Gasteiger partial charge in [-0.25, -0.2) is 4.18 Å².